The van der Waals surface area contributed by atoms with Crippen molar-refractivity contribution >= 4 is 49.9 Å². The van der Waals surface area contributed by atoms with E-state index in [1.54, 1.807) is 43.8 Å². The highest BCUT2D eigenvalue weighted by Crippen LogP contribution is 2.34. The highest BCUT2D eigenvalue weighted by Gasteiger charge is 2.27. The molecule has 1 amide bonds. The third-order valence-corrected chi connectivity index (χ3v) is 6.45. The number of anilines is 2. The largest absolute Gasteiger partial charge is 0.497 e. The van der Waals surface area contributed by atoms with E-state index in [0.717, 1.165) is 47.0 Å². The maximum atomic E-state index is 12.7. The molecule has 0 saturated carbocycles. The number of aromatic nitrogens is 1. The Labute approximate surface area is 178 Å². The summed E-state index contributed by atoms with van der Waals surface area (Å²) in [6, 6.07) is 11.1. The minimum absolute atomic E-state index is 0.000692. The number of nitrogens with one attached hydrogen (secondary N) is 1. The Bertz CT molecular complexity index is 1030. The van der Waals surface area contributed by atoms with Crippen LogP contribution in [0.25, 0.3) is 10.2 Å². The minimum Gasteiger partial charge on any atom is -0.497 e. The maximum absolute atomic E-state index is 12.7. The quantitative estimate of drug-likeness (QED) is 0.627. The molecule has 4 rings (SSSR count). The Morgan fingerprint density at radius 3 is 2.69 bits per heavy atom. The van der Waals surface area contributed by atoms with E-state index in [-0.39, 0.29) is 11.8 Å². The van der Waals surface area contributed by atoms with Gasteiger partial charge in [0.2, 0.25) is 5.91 Å². The maximum Gasteiger partial charge on any atom is 0.227 e. The summed E-state index contributed by atoms with van der Waals surface area (Å²) in [5.74, 6) is 1.38. The van der Waals surface area contributed by atoms with Crippen LogP contribution in [0.2, 0.25) is 5.02 Å². The number of benzene rings is 2. The molecule has 0 bridgehead atoms. The van der Waals surface area contributed by atoms with Gasteiger partial charge in [-0.15, -0.1) is 0 Å². The number of rotatable bonds is 5. The minimum atomic E-state index is -0.0515. The van der Waals surface area contributed by atoms with Gasteiger partial charge in [0.05, 0.1) is 30.1 Å². The Morgan fingerprint density at radius 2 is 1.97 bits per heavy atom. The smallest absolute Gasteiger partial charge is 0.227 e. The molecule has 2 aromatic carbocycles. The number of fused-ring (bicyclic) bond motifs is 1. The first kappa shape index (κ1) is 19.8. The summed E-state index contributed by atoms with van der Waals surface area (Å²) in [6.45, 7) is 1.59. The molecule has 1 N–H and O–H groups in total. The number of carbonyl (C=O) groups excluding carboxylic acids is 1. The summed E-state index contributed by atoms with van der Waals surface area (Å²) in [5.41, 5.74) is 1.58. The van der Waals surface area contributed by atoms with E-state index in [2.05, 4.69) is 10.2 Å². The van der Waals surface area contributed by atoms with Crippen LogP contribution < -0.4 is 19.7 Å². The van der Waals surface area contributed by atoms with E-state index < -0.39 is 0 Å². The van der Waals surface area contributed by atoms with E-state index >= 15 is 0 Å². The van der Waals surface area contributed by atoms with Crippen molar-refractivity contribution in [3.05, 3.63) is 41.4 Å². The lowest BCUT2D eigenvalue weighted by Gasteiger charge is -2.31. The molecule has 8 heteroatoms. The topological polar surface area (TPSA) is 63.7 Å². The van der Waals surface area contributed by atoms with Crippen molar-refractivity contribution in [2.75, 3.05) is 37.5 Å². The molecular weight excluding hydrogens is 410 g/mol. The van der Waals surface area contributed by atoms with E-state index in [9.17, 15) is 4.79 Å². The number of carbonyl (C=O) groups is 1. The fraction of sp³-hybridized carbons (Fsp3) is 0.333. The van der Waals surface area contributed by atoms with Crippen molar-refractivity contribution in [1.29, 1.82) is 0 Å². The van der Waals surface area contributed by atoms with Crippen LogP contribution in [0.4, 0.5) is 10.8 Å². The highest BCUT2D eigenvalue weighted by molar-refractivity contribution is 7.22. The normalized spacial score (nSPS) is 14.8. The number of hydrogen-bond acceptors (Lipinski definition) is 6. The molecule has 6 nitrogen and oxygen atoms in total. The van der Waals surface area contributed by atoms with Gasteiger partial charge in [-0.3, -0.25) is 4.79 Å². The Balaban J connectivity index is 1.40. The average Bonchev–Trinajstić information content (AvgIpc) is 3.17. The average molecular weight is 432 g/mol. The Kier molecular flexibility index (Phi) is 5.78. The highest BCUT2D eigenvalue weighted by atomic mass is 35.5. The summed E-state index contributed by atoms with van der Waals surface area (Å²) in [4.78, 5) is 19.7. The van der Waals surface area contributed by atoms with Crippen LogP contribution in [0.5, 0.6) is 11.5 Å². The number of nitrogens with zero attached hydrogens (tertiary/aromatic N) is 2. The molecule has 152 valence electrons. The zero-order valence-corrected chi connectivity index (χ0v) is 17.8. The Morgan fingerprint density at radius 1 is 1.17 bits per heavy atom. The number of ether oxygens (including phenoxy) is 2. The third kappa shape index (κ3) is 4.26. The molecule has 1 aliphatic heterocycles. The lowest BCUT2D eigenvalue weighted by atomic mass is 9.96. The van der Waals surface area contributed by atoms with Crippen LogP contribution >= 0.6 is 22.9 Å². The van der Waals surface area contributed by atoms with E-state index in [1.165, 1.54) is 0 Å². The predicted octanol–water partition coefficient (Wildman–Crippen LogP) is 4.82. The molecule has 0 atom stereocenters. The van der Waals surface area contributed by atoms with Gasteiger partial charge in [0.15, 0.2) is 5.13 Å². The molecule has 0 unspecified atom stereocenters. The molecule has 1 aromatic heterocycles. The summed E-state index contributed by atoms with van der Waals surface area (Å²) in [6.07, 6.45) is 1.54. The molecule has 0 aliphatic carbocycles. The second-order valence-corrected chi connectivity index (χ2v) is 8.37. The predicted molar refractivity (Wildman–Crippen MR) is 118 cm³/mol. The second kappa shape index (κ2) is 8.47. The summed E-state index contributed by atoms with van der Waals surface area (Å²) in [7, 11) is 3.24. The first-order valence-electron chi connectivity index (χ1n) is 9.41. The summed E-state index contributed by atoms with van der Waals surface area (Å²) < 4.78 is 11.7. The van der Waals surface area contributed by atoms with Gasteiger partial charge in [-0.25, -0.2) is 4.98 Å². The monoisotopic (exact) mass is 431 g/mol. The third-order valence-electron chi connectivity index (χ3n) is 5.14. The van der Waals surface area contributed by atoms with Crippen molar-refractivity contribution in [3.8, 4) is 11.5 Å². The van der Waals surface area contributed by atoms with Gasteiger partial charge >= 0.3 is 0 Å². The fourth-order valence-electron chi connectivity index (χ4n) is 3.50. The van der Waals surface area contributed by atoms with Crippen LogP contribution in [-0.4, -0.2) is 38.2 Å². The van der Waals surface area contributed by atoms with E-state index in [1.807, 2.05) is 18.2 Å². The van der Waals surface area contributed by atoms with Gasteiger partial charge in [-0.05, 0) is 49.2 Å². The first-order valence-corrected chi connectivity index (χ1v) is 10.6. The number of piperidine rings is 1. The van der Waals surface area contributed by atoms with Crippen LogP contribution in [-0.2, 0) is 4.79 Å². The van der Waals surface area contributed by atoms with Gasteiger partial charge < -0.3 is 19.7 Å². The summed E-state index contributed by atoms with van der Waals surface area (Å²) in [5, 5.41) is 4.52. The van der Waals surface area contributed by atoms with Crippen molar-refractivity contribution in [3.63, 3.8) is 0 Å². The van der Waals surface area contributed by atoms with Crippen molar-refractivity contribution in [2.24, 2.45) is 5.92 Å². The van der Waals surface area contributed by atoms with Crippen LogP contribution in [0, 0.1) is 5.92 Å². The van der Waals surface area contributed by atoms with Gasteiger partial charge in [0.1, 0.15) is 11.5 Å². The Hall–Kier alpha value is -2.51. The lowest BCUT2D eigenvalue weighted by molar-refractivity contribution is -0.120. The summed E-state index contributed by atoms with van der Waals surface area (Å²) >= 11 is 7.71. The van der Waals surface area contributed by atoms with Gasteiger partial charge in [0, 0.05) is 24.0 Å². The molecule has 2 heterocycles. The van der Waals surface area contributed by atoms with Crippen LogP contribution in [0.1, 0.15) is 12.8 Å². The van der Waals surface area contributed by atoms with Crippen LogP contribution in [0.15, 0.2) is 36.4 Å². The fourth-order valence-corrected chi connectivity index (χ4v) is 4.72. The number of methoxy groups -OCH3 is 2. The van der Waals surface area contributed by atoms with E-state index in [0.29, 0.717) is 16.5 Å². The van der Waals surface area contributed by atoms with Crippen molar-refractivity contribution < 1.29 is 14.3 Å². The van der Waals surface area contributed by atoms with Crippen molar-refractivity contribution in [2.45, 2.75) is 12.8 Å². The van der Waals surface area contributed by atoms with Gasteiger partial charge in [-0.2, -0.15) is 0 Å². The molecule has 0 spiro atoms. The molecule has 3 aromatic rings. The van der Waals surface area contributed by atoms with E-state index in [4.69, 9.17) is 26.1 Å². The number of hydrogen-bond donors (Lipinski definition) is 1. The SMILES string of the molecule is COc1ccc2nc(N3CCC(C(=O)Nc4cc(Cl)ccc4OC)CC3)sc2c1. The lowest BCUT2D eigenvalue weighted by Crippen LogP contribution is -2.38. The zero-order valence-electron chi connectivity index (χ0n) is 16.3. The number of halogens is 1. The molecule has 1 fully saturated rings. The van der Waals surface area contributed by atoms with Gasteiger partial charge in [-0.1, -0.05) is 22.9 Å². The zero-order chi connectivity index (χ0) is 20.4. The molecule has 1 aliphatic rings. The number of amides is 1. The molecule has 0 radical (unpaired) electrons. The molecule has 1 saturated heterocycles. The molecule has 29 heavy (non-hydrogen) atoms. The second-order valence-electron chi connectivity index (χ2n) is 6.93. The molecular formula is C21H22ClN3O3S. The number of thiazole rings is 1. The van der Waals surface area contributed by atoms with Crippen molar-refractivity contribution in [1.82, 2.24) is 4.98 Å². The van der Waals surface area contributed by atoms with Gasteiger partial charge in [0.25, 0.3) is 0 Å². The van der Waals surface area contributed by atoms with Crippen LogP contribution in [0.3, 0.4) is 0 Å². The standard InChI is InChI=1S/C21H22ClN3O3S/c1-27-15-4-5-16-19(12-15)29-21(24-16)25-9-7-13(8-10-25)20(26)23-17-11-14(22)3-6-18(17)28-2/h3-6,11-13H,7-10H2,1-2H3,(H,23,26). The first-order chi connectivity index (χ1) is 14.1.